The predicted molar refractivity (Wildman–Crippen MR) is 86.0 cm³/mol. The van der Waals surface area contributed by atoms with Gasteiger partial charge in [-0.3, -0.25) is 0 Å². The molecule has 1 aromatic carbocycles. The third kappa shape index (κ3) is 2.58. The summed E-state index contributed by atoms with van der Waals surface area (Å²) in [6.07, 6.45) is 5.00. The van der Waals surface area contributed by atoms with Gasteiger partial charge in [0.15, 0.2) is 0 Å². The molecule has 4 heteroatoms. The largest absolute Gasteiger partial charge is 0.316 e. The van der Waals surface area contributed by atoms with Gasteiger partial charge in [-0.2, -0.15) is 0 Å². The highest BCUT2D eigenvalue weighted by Gasteiger charge is 2.35. The van der Waals surface area contributed by atoms with Crippen LogP contribution >= 0.6 is 27.3 Å². The number of rotatable bonds is 3. The number of thiazole rings is 1. The molecule has 1 N–H and O–H groups in total. The van der Waals surface area contributed by atoms with Crippen LogP contribution in [0.3, 0.4) is 0 Å². The Hall–Kier alpha value is -0.450. The van der Waals surface area contributed by atoms with Crippen molar-refractivity contribution in [3.05, 3.63) is 27.7 Å². The summed E-state index contributed by atoms with van der Waals surface area (Å²) < 4.78 is 2.42. The molecule has 0 aliphatic carbocycles. The van der Waals surface area contributed by atoms with E-state index in [9.17, 15) is 0 Å². The van der Waals surface area contributed by atoms with E-state index in [-0.39, 0.29) is 5.41 Å². The second kappa shape index (κ2) is 5.51. The first-order valence-corrected chi connectivity index (χ1v) is 8.62. The number of benzene rings is 1. The number of hydrogen-bond donors (Lipinski definition) is 1. The Morgan fingerprint density at radius 1 is 1.47 bits per heavy atom. The monoisotopic (exact) mass is 338 g/mol. The number of aromatic nitrogens is 1. The predicted octanol–water partition coefficient (Wildman–Crippen LogP) is 4.48. The Bertz CT molecular complexity index is 567. The highest BCUT2D eigenvalue weighted by molar-refractivity contribution is 9.10. The number of hydrogen-bond acceptors (Lipinski definition) is 3. The van der Waals surface area contributed by atoms with Gasteiger partial charge in [0.05, 0.1) is 10.2 Å². The van der Waals surface area contributed by atoms with Gasteiger partial charge < -0.3 is 5.32 Å². The standard InChI is InChI=1S/C15H19BrN2S/c1-2-6-15(7-3-8-17-10-15)14-18-12-9-11(16)4-5-13(12)19-14/h4-5,9,17H,2-3,6-8,10H2,1H3. The van der Waals surface area contributed by atoms with E-state index in [1.54, 1.807) is 0 Å². The molecule has 1 aromatic heterocycles. The second-order valence-electron chi connectivity index (χ2n) is 5.44. The van der Waals surface area contributed by atoms with Crippen molar-refractivity contribution in [2.24, 2.45) is 0 Å². The minimum Gasteiger partial charge on any atom is -0.316 e. The Morgan fingerprint density at radius 3 is 3.11 bits per heavy atom. The van der Waals surface area contributed by atoms with E-state index in [2.05, 4.69) is 46.4 Å². The van der Waals surface area contributed by atoms with E-state index >= 15 is 0 Å². The summed E-state index contributed by atoms with van der Waals surface area (Å²) in [6, 6.07) is 6.41. The van der Waals surface area contributed by atoms with Crippen LogP contribution in [0.5, 0.6) is 0 Å². The molecule has 0 saturated carbocycles. The molecule has 19 heavy (non-hydrogen) atoms. The summed E-state index contributed by atoms with van der Waals surface area (Å²) in [5.41, 5.74) is 1.40. The lowest BCUT2D eigenvalue weighted by atomic mass is 9.77. The van der Waals surface area contributed by atoms with Crippen molar-refractivity contribution in [3.8, 4) is 0 Å². The molecule has 2 nitrogen and oxygen atoms in total. The van der Waals surface area contributed by atoms with Crippen LogP contribution in [0.1, 0.15) is 37.6 Å². The van der Waals surface area contributed by atoms with Gasteiger partial charge >= 0.3 is 0 Å². The zero-order valence-corrected chi connectivity index (χ0v) is 13.6. The van der Waals surface area contributed by atoms with Gasteiger partial charge in [0, 0.05) is 16.4 Å². The summed E-state index contributed by atoms with van der Waals surface area (Å²) >= 11 is 5.41. The third-order valence-electron chi connectivity index (χ3n) is 4.00. The van der Waals surface area contributed by atoms with Crippen LogP contribution in [-0.2, 0) is 5.41 Å². The van der Waals surface area contributed by atoms with Gasteiger partial charge in [-0.25, -0.2) is 4.98 Å². The van der Waals surface area contributed by atoms with Crippen molar-refractivity contribution < 1.29 is 0 Å². The van der Waals surface area contributed by atoms with Crippen molar-refractivity contribution in [1.29, 1.82) is 0 Å². The number of halogens is 1. The third-order valence-corrected chi connectivity index (χ3v) is 5.78. The molecular formula is C15H19BrN2S. The molecule has 1 aliphatic heterocycles. The van der Waals surface area contributed by atoms with Crippen LogP contribution in [-0.4, -0.2) is 18.1 Å². The number of piperidine rings is 1. The fraction of sp³-hybridized carbons (Fsp3) is 0.533. The van der Waals surface area contributed by atoms with Crippen molar-refractivity contribution >= 4 is 37.5 Å². The molecule has 1 aliphatic rings. The maximum Gasteiger partial charge on any atom is 0.101 e. The summed E-state index contributed by atoms with van der Waals surface area (Å²) in [5.74, 6) is 0. The fourth-order valence-electron chi connectivity index (χ4n) is 3.08. The highest BCUT2D eigenvalue weighted by atomic mass is 79.9. The maximum absolute atomic E-state index is 4.94. The van der Waals surface area contributed by atoms with Gasteiger partial charge in [0.25, 0.3) is 0 Å². The molecule has 0 spiro atoms. The quantitative estimate of drug-likeness (QED) is 0.892. The minimum atomic E-state index is 0.267. The van der Waals surface area contributed by atoms with Crippen LogP contribution in [0.25, 0.3) is 10.2 Å². The smallest absolute Gasteiger partial charge is 0.101 e. The van der Waals surface area contributed by atoms with Crippen LogP contribution in [0.4, 0.5) is 0 Å². The van der Waals surface area contributed by atoms with Crippen LogP contribution in [0.2, 0.25) is 0 Å². The number of nitrogens with zero attached hydrogens (tertiary/aromatic N) is 1. The van der Waals surface area contributed by atoms with Crippen molar-refractivity contribution in [3.63, 3.8) is 0 Å². The molecule has 102 valence electrons. The topological polar surface area (TPSA) is 24.9 Å². The van der Waals surface area contributed by atoms with E-state index in [1.807, 2.05) is 11.3 Å². The Morgan fingerprint density at radius 2 is 2.37 bits per heavy atom. The summed E-state index contributed by atoms with van der Waals surface area (Å²) in [4.78, 5) is 4.94. The van der Waals surface area contributed by atoms with Crippen molar-refractivity contribution in [2.75, 3.05) is 13.1 Å². The molecule has 2 heterocycles. The molecule has 1 fully saturated rings. The minimum absolute atomic E-state index is 0.267. The van der Waals surface area contributed by atoms with Gasteiger partial charge in [-0.1, -0.05) is 29.3 Å². The molecule has 3 rings (SSSR count). The first-order valence-electron chi connectivity index (χ1n) is 7.01. The van der Waals surface area contributed by atoms with Crippen molar-refractivity contribution in [2.45, 2.75) is 38.0 Å². The normalized spacial score (nSPS) is 23.9. The van der Waals surface area contributed by atoms with Crippen LogP contribution in [0, 0.1) is 0 Å². The number of fused-ring (bicyclic) bond motifs is 1. The van der Waals surface area contributed by atoms with Crippen LogP contribution < -0.4 is 5.32 Å². The molecule has 1 atom stereocenters. The molecule has 0 radical (unpaired) electrons. The zero-order valence-electron chi connectivity index (χ0n) is 11.2. The van der Waals surface area contributed by atoms with E-state index < -0.39 is 0 Å². The SMILES string of the molecule is CCCC1(c2nc3cc(Br)ccc3s2)CCCNC1. The lowest BCUT2D eigenvalue weighted by molar-refractivity contribution is 0.290. The Balaban J connectivity index is 2.04. The van der Waals surface area contributed by atoms with E-state index in [0.29, 0.717) is 0 Å². The maximum atomic E-state index is 4.94. The molecule has 1 saturated heterocycles. The lowest BCUT2D eigenvalue weighted by Gasteiger charge is -2.35. The number of nitrogens with one attached hydrogen (secondary N) is 1. The van der Waals surface area contributed by atoms with E-state index in [1.165, 1.54) is 35.4 Å². The molecule has 0 amide bonds. The molecular weight excluding hydrogens is 320 g/mol. The Labute approximate surface area is 126 Å². The van der Waals surface area contributed by atoms with Gasteiger partial charge in [-0.15, -0.1) is 11.3 Å². The first-order chi connectivity index (χ1) is 9.23. The summed E-state index contributed by atoms with van der Waals surface area (Å²) in [6.45, 7) is 4.52. The first kappa shape index (κ1) is 13.5. The zero-order chi connectivity index (χ0) is 13.3. The van der Waals surface area contributed by atoms with Gasteiger partial charge in [0.2, 0.25) is 0 Å². The van der Waals surface area contributed by atoms with Crippen LogP contribution in [0.15, 0.2) is 22.7 Å². The molecule has 2 aromatic rings. The Kier molecular flexibility index (Phi) is 3.92. The lowest BCUT2D eigenvalue weighted by Crippen LogP contribution is -2.43. The molecule has 0 bridgehead atoms. The second-order valence-corrected chi connectivity index (χ2v) is 7.39. The average Bonchev–Trinajstić information content (AvgIpc) is 2.83. The molecule has 1 unspecified atom stereocenters. The average molecular weight is 339 g/mol. The van der Waals surface area contributed by atoms with Crippen molar-refractivity contribution in [1.82, 2.24) is 10.3 Å². The summed E-state index contributed by atoms with van der Waals surface area (Å²) in [5, 5.41) is 4.90. The highest BCUT2D eigenvalue weighted by Crippen LogP contribution is 2.40. The van der Waals surface area contributed by atoms with E-state index in [4.69, 9.17) is 4.98 Å². The van der Waals surface area contributed by atoms with Gasteiger partial charge in [-0.05, 0) is 44.0 Å². The summed E-state index contributed by atoms with van der Waals surface area (Å²) in [7, 11) is 0. The van der Waals surface area contributed by atoms with Gasteiger partial charge in [0.1, 0.15) is 5.01 Å². The van der Waals surface area contributed by atoms with E-state index in [0.717, 1.165) is 23.1 Å². The fourth-order valence-corrected chi connectivity index (χ4v) is 4.62.